The molecule has 4 N–H and O–H groups in total. The third kappa shape index (κ3) is 8.12. The highest BCUT2D eigenvalue weighted by atomic mass is 127. The van der Waals surface area contributed by atoms with Gasteiger partial charge in [-0.05, 0) is 53.3 Å². The van der Waals surface area contributed by atoms with Crippen molar-refractivity contribution in [3.63, 3.8) is 0 Å². The van der Waals surface area contributed by atoms with Crippen LogP contribution in [0.15, 0.2) is 24.3 Å². The normalized spacial score (nSPS) is 9.76. The minimum atomic E-state index is -0.639. The second-order valence-corrected chi connectivity index (χ2v) is 5.36. The van der Waals surface area contributed by atoms with Gasteiger partial charge in [-0.2, -0.15) is 0 Å². The molecule has 1 rings (SSSR count). The number of nitrogens with one attached hydrogen (secondary N) is 2. The molecule has 0 radical (unpaired) electrons. The first kappa shape index (κ1) is 17.2. The molecule has 0 heterocycles. The lowest BCUT2D eigenvalue weighted by atomic mass is 10.3. The molecule has 0 aliphatic carbocycles. The van der Waals surface area contributed by atoms with Crippen molar-refractivity contribution in [1.82, 2.24) is 5.32 Å². The maximum atomic E-state index is 11.6. The number of benzene rings is 1. The quantitative estimate of drug-likeness (QED) is 0.360. The van der Waals surface area contributed by atoms with Gasteiger partial charge in [0.05, 0.1) is 0 Å². The molecule has 0 unspecified atom stereocenters. The van der Waals surface area contributed by atoms with Gasteiger partial charge in [0.1, 0.15) is 0 Å². The molecule has 8 heteroatoms. The van der Waals surface area contributed by atoms with Gasteiger partial charge in [0.15, 0.2) is 6.61 Å². The molecule has 0 spiro atoms. The van der Waals surface area contributed by atoms with Crippen LogP contribution in [0.3, 0.4) is 0 Å². The molecule has 3 amide bonds. The van der Waals surface area contributed by atoms with E-state index in [0.29, 0.717) is 18.7 Å². The van der Waals surface area contributed by atoms with Gasteiger partial charge in [0.25, 0.3) is 5.91 Å². The van der Waals surface area contributed by atoms with E-state index in [9.17, 15) is 14.4 Å². The van der Waals surface area contributed by atoms with E-state index in [0.717, 1.165) is 3.57 Å². The Morgan fingerprint density at radius 1 is 1.19 bits per heavy atom. The highest BCUT2D eigenvalue weighted by Gasteiger charge is 2.08. The average Bonchev–Trinajstić information content (AvgIpc) is 2.44. The summed E-state index contributed by atoms with van der Waals surface area (Å²) in [6.45, 7) is -0.0483. The third-order valence-corrected chi connectivity index (χ3v) is 3.07. The molecule has 114 valence electrons. The molecule has 1 aromatic rings. The number of hydrogen-bond acceptors (Lipinski definition) is 4. The van der Waals surface area contributed by atoms with Crippen LogP contribution in [0.25, 0.3) is 0 Å². The lowest BCUT2D eigenvalue weighted by Gasteiger charge is -2.07. The molecule has 0 aliphatic heterocycles. The fourth-order valence-electron chi connectivity index (χ4n) is 1.39. The van der Waals surface area contributed by atoms with E-state index >= 15 is 0 Å². The fraction of sp³-hybridized carbons (Fsp3) is 0.308. The van der Waals surface area contributed by atoms with E-state index in [1.54, 1.807) is 12.1 Å². The second-order valence-electron chi connectivity index (χ2n) is 4.11. The van der Waals surface area contributed by atoms with E-state index in [1.165, 1.54) is 0 Å². The van der Waals surface area contributed by atoms with Crippen molar-refractivity contribution in [2.45, 2.75) is 12.8 Å². The Balaban J connectivity index is 2.18. The predicted molar refractivity (Wildman–Crippen MR) is 85.6 cm³/mol. The zero-order valence-electron chi connectivity index (χ0n) is 11.2. The van der Waals surface area contributed by atoms with Crippen LogP contribution < -0.4 is 16.4 Å². The number of rotatable bonds is 7. The molecule has 1 aromatic carbocycles. The molecule has 7 nitrogen and oxygen atoms in total. The van der Waals surface area contributed by atoms with Crippen molar-refractivity contribution in [3.8, 4) is 0 Å². The summed E-state index contributed by atoms with van der Waals surface area (Å²) in [7, 11) is 0. The van der Waals surface area contributed by atoms with Gasteiger partial charge in [0, 0.05) is 22.2 Å². The van der Waals surface area contributed by atoms with Gasteiger partial charge < -0.3 is 21.1 Å². The number of amides is 3. The van der Waals surface area contributed by atoms with Gasteiger partial charge >= 0.3 is 12.0 Å². The van der Waals surface area contributed by atoms with Crippen molar-refractivity contribution >= 4 is 46.2 Å². The van der Waals surface area contributed by atoms with Crippen LogP contribution in [-0.4, -0.2) is 31.1 Å². The first-order valence-electron chi connectivity index (χ1n) is 6.21. The maximum absolute atomic E-state index is 11.6. The largest absolute Gasteiger partial charge is 0.456 e. The summed E-state index contributed by atoms with van der Waals surface area (Å²) < 4.78 is 5.87. The average molecular weight is 405 g/mol. The number of urea groups is 1. The number of ether oxygens (including phenoxy) is 1. The summed E-state index contributed by atoms with van der Waals surface area (Å²) in [5, 5.41) is 4.97. The van der Waals surface area contributed by atoms with E-state index in [-0.39, 0.29) is 13.0 Å². The fourth-order valence-corrected chi connectivity index (χ4v) is 1.75. The number of carbonyl (C=O) groups is 3. The Bertz CT molecular complexity index is 505. The van der Waals surface area contributed by atoms with Crippen LogP contribution in [0.4, 0.5) is 10.5 Å². The Morgan fingerprint density at radius 2 is 1.86 bits per heavy atom. The minimum Gasteiger partial charge on any atom is -0.456 e. The third-order valence-electron chi connectivity index (χ3n) is 2.35. The minimum absolute atomic E-state index is 0.108. The molecule has 0 saturated carbocycles. The van der Waals surface area contributed by atoms with Crippen LogP contribution in [-0.2, 0) is 14.3 Å². The number of esters is 1. The Labute approximate surface area is 135 Å². The number of carbonyl (C=O) groups excluding carboxylic acids is 3. The highest BCUT2D eigenvalue weighted by molar-refractivity contribution is 14.1. The zero-order chi connectivity index (χ0) is 15.7. The van der Waals surface area contributed by atoms with E-state index in [1.807, 2.05) is 12.1 Å². The zero-order valence-corrected chi connectivity index (χ0v) is 13.4. The number of anilines is 1. The van der Waals surface area contributed by atoms with Crippen LogP contribution in [0.1, 0.15) is 12.8 Å². The summed E-state index contributed by atoms with van der Waals surface area (Å²) in [5.74, 6) is -0.904. The van der Waals surface area contributed by atoms with Crippen LogP contribution in [0.2, 0.25) is 0 Å². The monoisotopic (exact) mass is 405 g/mol. The standard InChI is InChI=1S/C13H16IN3O4/c14-9-3-5-10(6-4-9)17-11(18)8-21-12(19)2-1-7-16-13(15)20/h3-6H,1-2,7-8H2,(H,17,18)(H3,15,16,20). The van der Waals surface area contributed by atoms with Crippen LogP contribution >= 0.6 is 22.6 Å². The van der Waals surface area contributed by atoms with Crippen LogP contribution in [0, 0.1) is 3.57 Å². The predicted octanol–water partition coefficient (Wildman–Crippen LogP) is 1.22. The van der Waals surface area contributed by atoms with E-state index in [2.05, 4.69) is 33.2 Å². The number of nitrogens with two attached hydrogens (primary N) is 1. The molecule has 0 saturated heterocycles. The second kappa shape index (κ2) is 9.16. The Morgan fingerprint density at radius 3 is 2.48 bits per heavy atom. The lowest BCUT2D eigenvalue weighted by molar-refractivity contribution is -0.147. The summed E-state index contributed by atoms with van der Waals surface area (Å²) >= 11 is 2.16. The molecular weight excluding hydrogens is 389 g/mol. The van der Waals surface area contributed by atoms with Crippen molar-refractivity contribution in [3.05, 3.63) is 27.8 Å². The SMILES string of the molecule is NC(=O)NCCCC(=O)OCC(=O)Nc1ccc(I)cc1. The summed E-state index contributed by atoms with van der Waals surface area (Å²) in [4.78, 5) is 33.3. The van der Waals surface area contributed by atoms with Gasteiger partial charge in [-0.1, -0.05) is 0 Å². The molecule has 0 atom stereocenters. The van der Waals surface area contributed by atoms with Crippen molar-refractivity contribution in [2.24, 2.45) is 5.73 Å². The van der Waals surface area contributed by atoms with Crippen molar-refractivity contribution in [2.75, 3.05) is 18.5 Å². The topological polar surface area (TPSA) is 111 Å². The van der Waals surface area contributed by atoms with Crippen molar-refractivity contribution < 1.29 is 19.1 Å². The molecule has 0 fully saturated rings. The van der Waals surface area contributed by atoms with Gasteiger partial charge in [0.2, 0.25) is 0 Å². The summed E-state index contributed by atoms with van der Waals surface area (Å²) in [6.07, 6.45) is 0.512. The van der Waals surface area contributed by atoms with E-state index in [4.69, 9.17) is 10.5 Å². The number of primary amides is 1. The highest BCUT2D eigenvalue weighted by Crippen LogP contribution is 2.10. The first-order valence-corrected chi connectivity index (χ1v) is 7.29. The Kier molecular flexibility index (Phi) is 7.51. The summed E-state index contributed by atoms with van der Waals surface area (Å²) in [6, 6.07) is 6.59. The van der Waals surface area contributed by atoms with Gasteiger partial charge in [-0.15, -0.1) is 0 Å². The molecular formula is C13H16IN3O4. The Hall–Kier alpha value is -1.84. The first-order chi connectivity index (χ1) is 9.97. The van der Waals surface area contributed by atoms with Gasteiger partial charge in [-0.3, -0.25) is 9.59 Å². The number of halogens is 1. The lowest BCUT2D eigenvalue weighted by Crippen LogP contribution is -2.30. The molecule has 0 aliphatic rings. The van der Waals surface area contributed by atoms with E-state index < -0.39 is 17.9 Å². The smallest absolute Gasteiger partial charge is 0.312 e. The maximum Gasteiger partial charge on any atom is 0.312 e. The number of hydrogen-bond donors (Lipinski definition) is 3. The van der Waals surface area contributed by atoms with Gasteiger partial charge in [-0.25, -0.2) is 4.79 Å². The van der Waals surface area contributed by atoms with Crippen LogP contribution in [0.5, 0.6) is 0 Å². The molecule has 0 bridgehead atoms. The summed E-state index contributed by atoms with van der Waals surface area (Å²) in [5.41, 5.74) is 5.51. The molecule has 0 aromatic heterocycles. The molecule has 21 heavy (non-hydrogen) atoms. The van der Waals surface area contributed by atoms with Crippen molar-refractivity contribution in [1.29, 1.82) is 0 Å².